The molecule has 0 spiro atoms. The Labute approximate surface area is 114 Å². The van der Waals surface area contributed by atoms with Crippen LogP contribution in [0.1, 0.15) is 32.8 Å². The predicted molar refractivity (Wildman–Crippen MR) is 79.0 cm³/mol. The molecular weight excluding hydrogens is 240 g/mol. The maximum atomic E-state index is 11.7. The number of carbonyl (C=O) groups excluding carboxylic acids is 1. The molecule has 0 unspecified atom stereocenters. The number of nitrogens with one attached hydrogen (secondary N) is 1. The van der Waals surface area contributed by atoms with E-state index in [0.717, 1.165) is 17.6 Å². The van der Waals surface area contributed by atoms with Crippen LogP contribution in [0.2, 0.25) is 0 Å². The van der Waals surface area contributed by atoms with E-state index in [1.807, 2.05) is 45.0 Å². The first kappa shape index (κ1) is 15.2. The van der Waals surface area contributed by atoms with Crippen LogP contribution in [0, 0.1) is 0 Å². The van der Waals surface area contributed by atoms with Crippen molar-refractivity contribution in [3.63, 3.8) is 0 Å². The van der Waals surface area contributed by atoms with E-state index in [2.05, 4.69) is 11.9 Å². The van der Waals surface area contributed by atoms with Crippen molar-refractivity contribution in [3.05, 3.63) is 36.4 Å². The van der Waals surface area contributed by atoms with Gasteiger partial charge in [0.1, 0.15) is 5.60 Å². The molecule has 4 nitrogen and oxygen atoms in total. The van der Waals surface area contributed by atoms with Gasteiger partial charge in [-0.25, -0.2) is 4.79 Å². The molecule has 0 saturated carbocycles. The molecule has 0 fully saturated rings. The number of hydrogen-bond acceptors (Lipinski definition) is 3. The van der Waals surface area contributed by atoms with Crippen LogP contribution in [0.5, 0.6) is 0 Å². The Morgan fingerprint density at radius 2 is 2.11 bits per heavy atom. The third kappa shape index (κ3) is 5.57. The van der Waals surface area contributed by atoms with Crippen LogP contribution < -0.4 is 11.1 Å². The van der Waals surface area contributed by atoms with E-state index in [9.17, 15) is 4.79 Å². The fraction of sp³-hybridized carbons (Fsp3) is 0.400. The lowest BCUT2D eigenvalue weighted by atomic mass is 10.0. The predicted octanol–water partition coefficient (Wildman–Crippen LogP) is 3.40. The first-order valence-electron chi connectivity index (χ1n) is 6.30. The molecular formula is C15H22N2O2. The highest BCUT2D eigenvalue weighted by Gasteiger charge is 2.16. The molecule has 1 amide bonds. The number of ether oxygens (including phenoxy) is 1. The summed E-state index contributed by atoms with van der Waals surface area (Å²) in [4.78, 5) is 11.7. The number of carbonyl (C=O) groups is 1. The minimum absolute atomic E-state index is 0.464. The van der Waals surface area contributed by atoms with E-state index in [4.69, 9.17) is 10.5 Å². The Hall–Kier alpha value is -1.81. The second-order valence-electron chi connectivity index (χ2n) is 5.35. The van der Waals surface area contributed by atoms with Crippen LogP contribution in [-0.4, -0.2) is 18.2 Å². The maximum Gasteiger partial charge on any atom is 0.412 e. The normalized spacial score (nSPS) is 10.9. The molecule has 1 rings (SSSR count). The van der Waals surface area contributed by atoms with Gasteiger partial charge in [0.15, 0.2) is 0 Å². The zero-order chi connectivity index (χ0) is 14.5. The summed E-state index contributed by atoms with van der Waals surface area (Å²) in [6.45, 7) is 10.0. The summed E-state index contributed by atoms with van der Waals surface area (Å²) < 4.78 is 5.20. The third-order valence-corrected chi connectivity index (χ3v) is 2.36. The van der Waals surface area contributed by atoms with Gasteiger partial charge < -0.3 is 10.5 Å². The molecule has 3 N–H and O–H groups in total. The lowest BCUT2D eigenvalue weighted by Crippen LogP contribution is -2.27. The van der Waals surface area contributed by atoms with Crippen LogP contribution in [0.25, 0.3) is 5.57 Å². The fourth-order valence-corrected chi connectivity index (χ4v) is 1.56. The lowest BCUT2D eigenvalue weighted by Gasteiger charge is -2.19. The lowest BCUT2D eigenvalue weighted by molar-refractivity contribution is 0.0636. The second kappa shape index (κ2) is 6.38. The van der Waals surface area contributed by atoms with Crippen molar-refractivity contribution in [3.8, 4) is 0 Å². The number of hydrogen-bond donors (Lipinski definition) is 2. The molecule has 1 aromatic rings. The second-order valence-corrected chi connectivity index (χ2v) is 5.35. The summed E-state index contributed by atoms with van der Waals surface area (Å²) >= 11 is 0. The average molecular weight is 262 g/mol. The minimum Gasteiger partial charge on any atom is -0.444 e. The highest BCUT2D eigenvalue weighted by Crippen LogP contribution is 2.20. The van der Waals surface area contributed by atoms with Gasteiger partial charge in [0, 0.05) is 5.69 Å². The van der Waals surface area contributed by atoms with Gasteiger partial charge in [-0.1, -0.05) is 18.7 Å². The zero-order valence-electron chi connectivity index (χ0n) is 11.8. The quantitative estimate of drug-likeness (QED) is 0.874. The maximum absolute atomic E-state index is 11.7. The molecule has 0 radical (unpaired) electrons. The van der Waals surface area contributed by atoms with Crippen molar-refractivity contribution in [1.29, 1.82) is 0 Å². The van der Waals surface area contributed by atoms with Gasteiger partial charge in [-0.15, -0.1) is 0 Å². The van der Waals surface area contributed by atoms with Gasteiger partial charge in [0.25, 0.3) is 0 Å². The Morgan fingerprint density at radius 1 is 1.42 bits per heavy atom. The van der Waals surface area contributed by atoms with E-state index in [0.29, 0.717) is 12.2 Å². The monoisotopic (exact) mass is 262 g/mol. The van der Waals surface area contributed by atoms with Crippen LogP contribution in [0.4, 0.5) is 10.5 Å². The highest BCUT2D eigenvalue weighted by molar-refractivity contribution is 5.85. The molecule has 0 atom stereocenters. The molecule has 0 heterocycles. The molecule has 19 heavy (non-hydrogen) atoms. The largest absolute Gasteiger partial charge is 0.444 e. The van der Waals surface area contributed by atoms with Gasteiger partial charge >= 0.3 is 6.09 Å². The van der Waals surface area contributed by atoms with Gasteiger partial charge in [0.05, 0.1) is 0 Å². The fourth-order valence-electron chi connectivity index (χ4n) is 1.56. The Balaban J connectivity index is 2.72. The average Bonchev–Trinajstić information content (AvgIpc) is 2.27. The van der Waals surface area contributed by atoms with E-state index in [1.54, 1.807) is 0 Å². The molecule has 4 heteroatoms. The van der Waals surface area contributed by atoms with Crippen LogP contribution in [0.15, 0.2) is 30.8 Å². The summed E-state index contributed by atoms with van der Waals surface area (Å²) in [7, 11) is 0. The van der Waals surface area contributed by atoms with E-state index >= 15 is 0 Å². The molecule has 0 saturated heterocycles. The van der Waals surface area contributed by atoms with Crippen molar-refractivity contribution in [2.45, 2.75) is 32.8 Å². The van der Waals surface area contributed by atoms with Crippen molar-refractivity contribution >= 4 is 17.4 Å². The Kier molecular flexibility index (Phi) is 5.12. The van der Waals surface area contributed by atoms with Crippen LogP contribution in [0.3, 0.4) is 0 Å². The SMILES string of the molecule is C=C(CCN)c1cccc(NC(=O)OC(C)(C)C)c1. The molecule has 0 bridgehead atoms. The molecule has 1 aromatic carbocycles. The number of benzene rings is 1. The van der Waals surface area contributed by atoms with Gasteiger partial charge in [-0.3, -0.25) is 5.32 Å². The minimum atomic E-state index is -0.509. The van der Waals surface area contributed by atoms with Crippen molar-refractivity contribution in [2.75, 3.05) is 11.9 Å². The first-order chi connectivity index (χ1) is 8.81. The van der Waals surface area contributed by atoms with Crippen molar-refractivity contribution < 1.29 is 9.53 Å². The summed E-state index contributed by atoms with van der Waals surface area (Å²) in [6, 6.07) is 7.48. The summed E-state index contributed by atoms with van der Waals surface area (Å²) in [5, 5.41) is 2.70. The van der Waals surface area contributed by atoms with Crippen LogP contribution in [-0.2, 0) is 4.74 Å². The standard InChI is InChI=1S/C15H22N2O2/c1-11(8-9-16)12-6-5-7-13(10-12)17-14(18)19-15(2,3)4/h5-7,10H,1,8-9,16H2,2-4H3,(H,17,18). The third-order valence-electron chi connectivity index (χ3n) is 2.36. The number of anilines is 1. The highest BCUT2D eigenvalue weighted by atomic mass is 16.6. The van der Waals surface area contributed by atoms with E-state index in [-0.39, 0.29) is 0 Å². The molecule has 0 aliphatic carbocycles. The van der Waals surface area contributed by atoms with Gasteiger partial charge in [-0.2, -0.15) is 0 Å². The van der Waals surface area contributed by atoms with E-state index in [1.165, 1.54) is 0 Å². The zero-order valence-corrected chi connectivity index (χ0v) is 11.8. The van der Waals surface area contributed by atoms with E-state index < -0.39 is 11.7 Å². The molecule has 0 aliphatic heterocycles. The van der Waals surface area contributed by atoms with Crippen LogP contribution >= 0.6 is 0 Å². The number of rotatable bonds is 4. The van der Waals surface area contributed by atoms with Crippen molar-refractivity contribution in [2.24, 2.45) is 5.73 Å². The Bertz CT molecular complexity index is 461. The number of nitrogens with two attached hydrogens (primary N) is 1. The number of amides is 1. The van der Waals surface area contributed by atoms with Crippen molar-refractivity contribution in [1.82, 2.24) is 0 Å². The summed E-state index contributed by atoms with van der Waals surface area (Å²) in [6.07, 6.45) is 0.268. The summed E-state index contributed by atoms with van der Waals surface area (Å²) in [5.41, 5.74) is 7.61. The molecule has 0 aromatic heterocycles. The molecule has 104 valence electrons. The smallest absolute Gasteiger partial charge is 0.412 e. The van der Waals surface area contributed by atoms with Gasteiger partial charge in [-0.05, 0) is 57.0 Å². The first-order valence-corrected chi connectivity index (χ1v) is 6.30. The Morgan fingerprint density at radius 3 is 2.68 bits per heavy atom. The summed E-state index contributed by atoms with van der Waals surface area (Å²) in [5.74, 6) is 0. The van der Waals surface area contributed by atoms with Gasteiger partial charge in [0.2, 0.25) is 0 Å². The topological polar surface area (TPSA) is 64.3 Å². The molecule has 0 aliphatic rings.